The molecule has 10 heteroatoms. The molecule has 0 bridgehead atoms. The molecule has 160 valence electrons. The highest BCUT2D eigenvalue weighted by atomic mass is 35.5. The molecule has 3 aromatic rings. The number of amides is 1. The second-order valence-electron chi connectivity index (χ2n) is 7.31. The van der Waals surface area contributed by atoms with E-state index in [4.69, 9.17) is 16.3 Å². The maximum Gasteiger partial charge on any atom is 0.244 e. The number of carbonyl (C=O) groups excluding carboxylic acids is 1. The number of carbonyl (C=O) groups is 1. The van der Waals surface area contributed by atoms with Crippen LogP contribution in [0.15, 0.2) is 30.5 Å². The largest absolute Gasteiger partial charge is 0.495 e. The van der Waals surface area contributed by atoms with Crippen LogP contribution in [0.25, 0.3) is 11.0 Å². The average Bonchev–Trinajstić information content (AvgIpc) is 3.11. The standard InChI is InChI=1S/C21H20ClFN6O2/c1-13-11-27(18-9-19(31-2)14(22)8-15(18)23)6-7-28(13)20(30)12-29-17-4-3-5-25-21(17)16(10-24)26-29/h3-5,8-9,13H,6-7,11-12H2,1-2H3/t13-/m0/s1. The smallest absolute Gasteiger partial charge is 0.244 e. The topological polar surface area (TPSA) is 87.3 Å². The van der Waals surface area contributed by atoms with Crippen LogP contribution in [0.4, 0.5) is 10.1 Å². The monoisotopic (exact) mass is 442 g/mol. The predicted octanol–water partition coefficient (Wildman–Crippen LogP) is 2.84. The van der Waals surface area contributed by atoms with Gasteiger partial charge in [0.25, 0.3) is 0 Å². The van der Waals surface area contributed by atoms with Gasteiger partial charge >= 0.3 is 0 Å². The van der Waals surface area contributed by atoms with Gasteiger partial charge in [0, 0.05) is 37.9 Å². The fourth-order valence-corrected chi connectivity index (χ4v) is 4.12. The first-order valence-corrected chi connectivity index (χ1v) is 10.1. The van der Waals surface area contributed by atoms with Crippen molar-refractivity contribution in [3.63, 3.8) is 0 Å². The van der Waals surface area contributed by atoms with Gasteiger partial charge in [0.15, 0.2) is 5.69 Å². The summed E-state index contributed by atoms with van der Waals surface area (Å²) in [5.74, 6) is -0.159. The number of ether oxygens (including phenoxy) is 1. The molecule has 1 saturated heterocycles. The summed E-state index contributed by atoms with van der Waals surface area (Å²) < 4.78 is 21.2. The van der Waals surface area contributed by atoms with Gasteiger partial charge in [-0.2, -0.15) is 10.4 Å². The van der Waals surface area contributed by atoms with E-state index in [1.54, 1.807) is 29.3 Å². The van der Waals surface area contributed by atoms with Gasteiger partial charge in [0.2, 0.25) is 5.91 Å². The van der Waals surface area contributed by atoms with E-state index in [1.807, 2.05) is 17.9 Å². The summed E-state index contributed by atoms with van der Waals surface area (Å²) in [7, 11) is 1.48. The molecule has 0 unspecified atom stereocenters. The summed E-state index contributed by atoms with van der Waals surface area (Å²) in [6.07, 6.45) is 1.59. The Morgan fingerprint density at radius 3 is 2.94 bits per heavy atom. The Bertz CT molecular complexity index is 1190. The number of hydrogen-bond donors (Lipinski definition) is 0. The normalized spacial score (nSPS) is 16.4. The first-order chi connectivity index (χ1) is 14.9. The zero-order valence-corrected chi connectivity index (χ0v) is 17.8. The van der Waals surface area contributed by atoms with Crippen molar-refractivity contribution in [1.82, 2.24) is 19.7 Å². The Kier molecular flexibility index (Phi) is 5.65. The molecule has 8 nitrogen and oxygen atoms in total. The van der Waals surface area contributed by atoms with Crippen molar-refractivity contribution in [2.75, 3.05) is 31.6 Å². The maximum atomic E-state index is 14.5. The molecule has 1 amide bonds. The summed E-state index contributed by atoms with van der Waals surface area (Å²) in [5.41, 5.74) is 1.69. The number of piperazine rings is 1. The van der Waals surface area contributed by atoms with Crippen LogP contribution in [0.2, 0.25) is 5.02 Å². The Morgan fingerprint density at radius 1 is 1.42 bits per heavy atom. The molecule has 1 aliphatic rings. The fraction of sp³-hybridized carbons (Fsp3) is 0.333. The van der Waals surface area contributed by atoms with Crippen molar-refractivity contribution in [3.8, 4) is 11.8 Å². The quantitative estimate of drug-likeness (QED) is 0.617. The molecule has 1 aliphatic heterocycles. The van der Waals surface area contributed by atoms with Crippen LogP contribution in [0.5, 0.6) is 5.75 Å². The molecule has 2 aromatic heterocycles. The molecule has 0 saturated carbocycles. The molecule has 4 rings (SSSR count). The van der Waals surface area contributed by atoms with E-state index in [0.29, 0.717) is 42.1 Å². The Hall–Kier alpha value is -3.38. The van der Waals surface area contributed by atoms with Gasteiger partial charge in [-0.05, 0) is 25.1 Å². The minimum absolute atomic E-state index is 0.00264. The second kappa shape index (κ2) is 8.40. The molecule has 0 N–H and O–H groups in total. The maximum absolute atomic E-state index is 14.5. The van der Waals surface area contributed by atoms with E-state index in [2.05, 4.69) is 10.1 Å². The van der Waals surface area contributed by atoms with Crippen molar-refractivity contribution in [2.24, 2.45) is 0 Å². The van der Waals surface area contributed by atoms with Gasteiger partial charge in [-0.25, -0.2) is 4.39 Å². The molecule has 1 aromatic carbocycles. The van der Waals surface area contributed by atoms with Crippen molar-refractivity contribution >= 4 is 34.2 Å². The lowest BCUT2D eigenvalue weighted by atomic mass is 10.1. The van der Waals surface area contributed by atoms with E-state index in [-0.39, 0.29) is 29.2 Å². The first-order valence-electron chi connectivity index (χ1n) is 9.72. The molecular weight excluding hydrogens is 423 g/mol. The summed E-state index contributed by atoms with van der Waals surface area (Å²) in [6.45, 7) is 3.25. The minimum Gasteiger partial charge on any atom is -0.495 e. The van der Waals surface area contributed by atoms with E-state index in [0.717, 1.165) is 0 Å². The number of halogens is 2. The number of hydrogen-bond acceptors (Lipinski definition) is 6. The zero-order valence-electron chi connectivity index (χ0n) is 17.0. The van der Waals surface area contributed by atoms with Gasteiger partial charge in [-0.3, -0.25) is 14.5 Å². The molecule has 0 aliphatic carbocycles. The van der Waals surface area contributed by atoms with E-state index >= 15 is 0 Å². The third-order valence-corrected chi connectivity index (χ3v) is 5.71. The second-order valence-corrected chi connectivity index (χ2v) is 7.72. The zero-order chi connectivity index (χ0) is 22.1. The van der Waals surface area contributed by atoms with Crippen LogP contribution in [-0.4, -0.2) is 58.4 Å². The van der Waals surface area contributed by atoms with Crippen LogP contribution < -0.4 is 9.64 Å². The summed E-state index contributed by atoms with van der Waals surface area (Å²) in [6, 6.07) is 8.19. The van der Waals surface area contributed by atoms with Crippen LogP contribution in [0, 0.1) is 17.1 Å². The van der Waals surface area contributed by atoms with E-state index in [1.165, 1.54) is 17.9 Å². The molecule has 3 heterocycles. The van der Waals surface area contributed by atoms with Crippen LogP contribution >= 0.6 is 11.6 Å². The van der Waals surface area contributed by atoms with Crippen molar-refractivity contribution in [3.05, 3.63) is 47.0 Å². The number of nitrogens with zero attached hydrogens (tertiary/aromatic N) is 6. The number of benzene rings is 1. The summed E-state index contributed by atoms with van der Waals surface area (Å²) >= 11 is 6.00. The number of aromatic nitrogens is 3. The van der Waals surface area contributed by atoms with Gasteiger partial charge in [-0.15, -0.1) is 0 Å². The van der Waals surface area contributed by atoms with Crippen LogP contribution in [-0.2, 0) is 11.3 Å². The van der Waals surface area contributed by atoms with E-state index in [9.17, 15) is 14.4 Å². The molecular formula is C21H20ClFN6O2. The van der Waals surface area contributed by atoms with Crippen LogP contribution in [0.1, 0.15) is 12.6 Å². The van der Waals surface area contributed by atoms with Gasteiger partial charge in [0.05, 0.1) is 23.3 Å². The van der Waals surface area contributed by atoms with Crippen LogP contribution in [0.3, 0.4) is 0 Å². The Balaban J connectivity index is 1.50. The number of pyridine rings is 1. The highest BCUT2D eigenvalue weighted by molar-refractivity contribution is 6.32. The van der Waals surface area contributed by atoms with Gasteiger partial charge in [-0.1, -0.05) is 11.6 Å². The number of fused-ring (bicyclic) bond motifs is 1. The number of nitriles is 1. The minimum atomic E-state index is -0.433. The number of rotatable bonds is 4. The summed E-state index contributed by atoms with van der Waals surface area (Å²) in [4.78, 5) is 20.8. The average molecular weight is 443 g/mol. The van der Waals surface area contributed by atoms with Gasteiger partial charge < -0.3 is 14.5 Å². The molecule has 1 fully saturated rings. The third-order valence-electron chi connectivity index (χ3n) is 5.41. The lowest BCUT2D eigenvalue weighted by Gasteiger charge is -2.41. The SMILES string of the molecule is COc1cc(N2CCN(C(=O)Cn3nc(C#N)c4ncccc43)[C@@H](C)C2)c(F)cc1Cl. The molecule has 0 radical (unpaired) electrons. The molecule has 0 spiro atoms. The lowest BCUT2D eigenvalue weighted by Crippen LogP contribution is -2.55. The summed E-state index contributed by atoms with van der Waals surface area (Å²) in [5, 5.41) is 13.7. The predicted molar refractivity (Wildman–Crippen MR) is 114 cm³/mol. The third kappa shape index (κ3) is 3.86. The van der Waals surface area contributed by atoms with Gasteiger partial charge in [0.1, 0.15) is 29.7 Å². The lowest BCUT2D eigenvalue weighted by molar-refractivity contribution is -0.134. The molecule has 31 heavy (non-hydrogen) atoms. The van der Waals surface area contributed by atoms with Crippen molar-refractivity contribution < 1.29 is 13.9 Å². The Labute approximate surface area is 183 Å². The first kappa shape index (κ1) is 20.9. The van der Waals surface area contributed by atoms with Crippen molar-refractivity contribution in [2.45, 2.75) is 19.5 Å². The highest BCUT2D eigenvalue weighted by Gasteiger charge is 2.30. The Morgan fingerprint density at radius 2 is 2.23 bits per heavy atom. The number of methoxy groups -OCH3 is 1. The van der Waals surface area contributed by atoms with E-state index < -0.39 is 5.82 Å². The number of anilines is 1. The van der Waals surface area contributed by atoms with Crippen molar-refractivity contribution in [1.29, 1.82) is 5.26 Å². The fourth-order valence-electron chi connectivity index (χ4n) is 3.89. The highest BCUT2D eigenvalue weighted by Crippen LogP contribution is 2.33. The molecule has 1 atom stereocenters.